The highest BCUT2D eigenvalue weighted by Crippen LogP contribution is 2.36. The number of amides is 2. The van der Waals surface area contributed by atoms with Gasteiger partial charge in [0.1, 0.15) is 0 Å². The van der Waals surface area contributed by atoms with Crippen LogP contribution in [0.2, 0.25) is 0 Å². The molecule has 0 saturated carbocycles. The summed E-state index contributed by atoms with van der Waals surface area (Å²) in [5.74, 6) is 0. The minimum absolute atomic E-state index is 0.207. The summed E-state index contributed by atoms with van der Waals surface area (Å²) in [6, 6.07) is 4.44. The van der Waals surface area contributed by atoms with Crippen molar-refractivity contribution in [1.29, 1.82) is 0 Å². The molecule has 0 atom stereocenters. The van der Waals surface area contributed by atoms with E-state index in [0.717, 1.165) is 0 Å². The molecule has 4 nitrogen and oxygen atoms in total. The third-order valence-corrected chi connectivity index (χ3v) is 4.06. The minimum atomic E-state index is -4.34. The highest BCUT2D eigenvalue weighted by atomic mass is 19.4. The lowest BCUT2D eigenvalue weighted by Gasteiger charge is -2.47. The Balaban J connectivity index is 1.73. The third kappa shape index (κ3) is 2.57. The Morgan fingerprint density at radius 1 is 1.33 bits per heavy atom. The van der Waals surface area contributed by atoms with Crippen molar-refractivity contribution in [3.05, 3.63) is 34.9 Å². The molecule has 2 fully saturated rings. The molecule has 7 heteroatoms. The smallest absolute Gasteiger partial charge is 0.336 e. The lowest BCUT2D eigenvalue weighted by atomic mass is 9.89. The van der Waals surface area contributed by atoms with Crippen LogP contribution in [0.25, 0.3) is 0 Å². The van der Waals surface area contributed by atoms with Gasteiger partial charge in [-0.15, -0.1) is 0 Å². The van der Waals surface area contributed by atoms with E-state index in [0.29, 0.717) is 19.6 Å². The predicted molar refractivity (Wildman–Crippen MR) is 70.7 cm³/mol. The largest absolute Gasteiger partial charge is 0.416 e. The van der Waals surface area contributed by atoms with Gasteiger partial charge >= 0.3 is 12.2 Å². The molecule has 2 heterocycles. The number of likely N-dealkylation sites (tertiary alicyclic amines) is 1. The van der Waals surface area contributed by atoms with Crippen molar-refractivity contribution >= 4 is 6.03 Å². The lowest BCUT2D eigenvalue weighted by molar-refractivity contribution is -0.139. The maximum atomic E-state index is 13.1. The van der Waals surface area contributed by atoms with Crippen LogP contribution in [0.5, 0.6) is 0 Å². The second-order valence-electron chi connectivity index (χ2n) is 5.84. The van der Waals surface area contributed by atoms with E-state index in [9.17, 15) is 18.0 Å². The Kier molecular flexibility index (Phi) is 3.12. The van der Waals surface area contributed by atoms with Gasteiger partial charge < -0.3 is 10.6 Å². The fraction of sp³-hybridized carbons (Fsp3) is 0.500. The molecule has 0 bridgehead atoms. The molecule has 1 aromatic rings. The highest BCUT2D eigenvalue weighted by Gasteiger charge is 2.48. The van der Waals surface area contributed by atoms with E-state index >= 15 is 0 Å². The molecule has 2 amide bonds. The molecule has 0 aromatic heterocycles. The minimum Gasteiger partial charge on any atom is -0.336 e. The summed E-state index contributed by atoms with van der Waals surface area (Å²) in [6.45, 7) is 3.38. The molecule has 0 unspecified atom stereocenters. The van der Waals surface area contributed by atoms with Gasteiger partial charge in [-0.1, -0.05) is 18.2 Å². The second kappa shape index (κ2) is 4.62. The molecule has 1 spiro atoms. The molecular formula is C14H16F3N3O. The number of urea groups is 1. The van der Waals surface area contributed by atoms with Crippen molar-refractivity contribution in [3.8, 4) is 0 Å². The van der Waals surface area contributed by atoms with Crippen molar-refractivity contribution in [3.63, 3.8) is 0 Å². The van der Waals surface area contributed by atoms with E-state index in [1.54, 1.807) is 6.07 Å². The normalized spacial score (nSPS) is 21.0. The molecule has 2 saturated heterocycles. The molecular weight excluding hydrogens is 283 g/mol. The number of carbonyl (C=O) groups excluding carboxylic acids is 1. The zero-order valence-electron chi connectivity index (χ0n) is 11.5. The van der Waals surface area contributed by atoms with Crippen molar-refractivity contribution in [2.24, 2.45) is 0 Å². The summed E-state index contributed by atoms with van der Waals surface area (Å²) < 4.78 is 39.4. The van der Waals surface area contributed by atoms with Gasteiger partial charge in [-0.3, -0.25) is 4.90 Å². The van der Waals surface area contributed by atoms with Crippen LogP contribution >= 0.6 is 0 Å². The van der Waals surface area contributed by atoms with Gasteiger partial charge in [-0.05, 0) is 18.1 Å². The Bertz CT molecular complexity index is 579. The van der Waals surface area contributed by atoms with E-state index in [4.69, 9.17) is 0 Å². The van der Waals surface area contributed by atoms with Crippen LogP contribution in [0.1, 0.15) is 16.7 Å². The topological polar surface area (TPSA) is 44.4 Å². The standard InChI is InChI=1S/C14H16F3N3O/c1-9-3-2-4-10(11(9)14(15,16)17)5-20-7-13(8-20)6-18-12(21)19-13/h2-4H,5-8H2,1H3,(H2,18,19,21). The fourth-order valence-electron chi connectivity index (χ4n) is 3.20. The van der Waals surface area contributed by atoms with E-state index in [2.05, 4.69) is 10.6 Å². The number of hydrogen-bond acceptors (Lipinski definition) is 2. The van der Waals surface area contributed by atoms with Crippen molar-refractivity contribution < 1.29 is 18.0 Å². The van der Waals surface area contributed by atoms with Crippen molar-refractivity contribution in [2.75, 3.05) is 19.6 Å². The molecule has 1 aromatic carbocycles. The zero-order chi connectivity index (χ0) is 15.3. The Hall–Kier alpha value is -1.76. The Morgan fingerprint density at radius 2 is 2.05 bits per heavy atom. The average molecular weight is 299 g/mol. The van der Waals surface area contributed by atoms with Gasteiger partial charge in [0, 0.05) is 26.2 Å². The van der Waals surface area contributed by atoms with E-state index in [1.807, 2.05) is 4.90 Å². The number of carbonyl (C=O) groups is 1. The van der Waals surface area contributed by atoms with Gasteiger partial charge in [-0.2, -0.15) is 13.2 Å². The maximum absolute atomic E-state index is 13.1. The number of nitrogens with zero attached hydrogens (tertiary/aromatic N) is 1. The molecule has 2 aliphatic heterocycles. The van der Waals surface area contributed by atoms with Crippen LogP contribution in [-0.2, 0) is 12.7 Å². The number of halogens is 3. The Labute approximate surface area is 120 Å². The van der Waals surface area contributed by atoms with Crippen molar-refractivity contribution in [2.45, 2.75) is 25.2 Å². The number of benzene rings is 1. The van der Waals surface area contributed by atoms with Gasteiger partial charge in [0.2, 0.25) is 0 Å². The first-order valence-corrected chi connectivity index (χ1v) is 6.73. The number of nitrogens with one attached hydrogen (secondary N) is 2. The van der Waals surface area contributed by atoms with Crippen molar-refractivity contribution in [1.82, 2.24) is 15.5 Å². The van der Waals surface area contributed by atoms with Crippen LogP contribution in [0, 0.1) is 6.92 Å². The molecule has 114 valence electrons. The SMILES string of the molecule is Cc1cccc(CN2CC3(CNC(=O)N3)C2)c1C(F)(F)F. The van der Waals surface area contributed by atoms with Gasteiger partial charge in [0.15, 0.2) is 0 Å². The zero-order valence-corrected chi connectivity index (χ0v) is 11.5. The van der Waals surface area contributed by atoms with Crippen LogP contribution < -0.4 is 10.6 Å². The molecule has 21 heavy (non-hydrogen) atoms. The number of alkyl halides is 3. The van der Waals surface area contributed by atoms with E-state index in [1.165, 1.54) is 19.1 Å². The maximum Gasteiger partial charge on any atom is 0.416 e. The van der Waals surface area contributed by atoms with Crippen LogP contribution in [0.15, 0.2) is 18.2 Å². The summed E-state index contributed by atoms with van der Waals surface area (Å²) in [6.07, 6.45) is -4.34. The molecule has 0 aliphatic carbocycles. The lowest BCUT2D eigenvalue weighted by Crippen LogP contribution is -2.68. The van der Waals surface area contributed by atoms with Crippen LogP contribution in [0.3, 0.4) is 0 Å². The fourth-order valence-corrected chi connectivity index (χ4v) is 3.20. The summed E-state index contributed by atoms with van der Waals surface area (Å²) in [5.41, 5.74) is -0.320. The number of aryl methyl sites for hydroxylation is 1. The number of rotatable bonds is 2. The first kappa shape index (κ1) is 14.2. The van der Waals surface area contributed by atoms with Gasteiger partial charge in [0.25, 0.3) is 0 Å². The third-order valence-electron chi connectivity index (χ3n) is 4.06. The molecule has 0 radical (unpaired) electrons. The van der Waals surface area contributed by atoms with Crippen LogP contribution in [0.4, 0.5) is 18.0 Å². The monoisotopic (exact) mass is 299 g/mol. The predicted octanol–water partition coefficient (Wildman–Crippen LogP) is 1.88. The summed E-state index contributed by atoms with van der Waals surface area (Å²) >= 11 is 0. The average Bonchev–Trinajstić information content (AvgIpc) is 2.69. The molecule has 3 rings (SSSR count). The van der Waals surface area contributed by atoms with Crippen LogP contribution in [-0.4, -0.2) is 36.1 Å². The summed E-state index contributed by atoms with van der Waals surface area (Å²) in [4.78, 5) is 13.1. The number of hydrogen-bond donors (Lipinski definition) is 2. The quantitative estimate of drug-likeness (QED) is 0.876. The van der Waals surface area contributed by atoms with Gasteiger partial charge in [0.05, 0.1) is 11.1 Å². The first-order chi connectivity index (χ1) is 9.79. The second-order valence-corrected chi connectivity index (χ2v) is 5.84. The highest BCUT2D eigenvalue weighted by molar-refractivity contribution is 5.78. The first-order valence-electron chi connectivity index (χ1n) is 6.73. The van der Waals surface area contributed by atoms with Gasteiger partial charge in [-0.25, -0.2) is 4.79 Å². The Morgan fingerprint density at radius 3 is 2.62 bits per heavy atom. The van der Waals surface area contributed by atoms with E-state index < -0.39 is 11.7 Å². The molecule has 2 N–H and O–H groups in total. The molecule has 2 aliphatic rings. The summed E-state index contributed by atoms with van der Waals surface area (Å²) in [7, 11) is 0. The van der Waals surface area contributed by atoms with E-state index in [-0.39, 0.29) is 29.2 Å². The summed E-state index contributed by atoms with van der Waals surface area (Å²) in [5, 5.41) is 5.51.